The van der Waals surface area contributed by atoms with Crippen molar-refractivity contribution in [1.29, 1.82) is 0 Å². The second-order valence-electron chi connectivity index (χ2n) is 1.31. The molecular weight excluding hydrogens is 110 g/mol. The van der Waals surface area contributed by atoms with Gasteiger partial charge in [0.15, 0.2) is 0 Å². The van der Waals surface area contributed by atoms with Gasteiger partial charge in [-0.15, -0.1) is 0 Å². The quantitative estimate of drug-likeness (QED) is 0.537. The van der Waals surface area contributed by atoms with E-state index in [2.05, 4.69) is 0 Å². The summed E-state index contributed by atoms with van der Waals surface area (Å²) in [5.74, 6) is 0. The number of thioether (sulfide) groups is 1. The van der Waals surface area contributed by atoms with Crippen LogP contribution in [0, 0.1) is 0 Å². The minimum atomic E-state index is -0.310. The molecule has 2 N–H and O–H groups in total. The maximum atomic E-state index is 10.3. The molecule has 0 fully saturated rings. The van der Waals surface area contributed by atoms with Gasteiger partial charge in [-0.05, 0) is 13.2 Å². The minimum absolute atomic E-state index is 0.0417. The summed E-state index contributed by atoms with van der Waals surface area (Å²) >= 11 is 1.17. The first kappa shape index (κ1) is 6.98. The fourth-order valence-electron chi connectivity index (χ4n) is 0.186. The van der Waals surface area contributed by atoms with Gasteiger partial charge in [-0.1, -0.05) is 11.8 Å². The van der Waals surface area contributed by atoms with Crippen molar-refractivity contribution in [1.82, 2.24) is 0 Å². The van der Waals surface area contributed by atoms with Crippen molar-refractivity contribution in [3.63, 3.8) is 0 Å². The second-order valence-corrected chi connectivity index (χ2v) is 2.12. The Hall–Kier alpha value is -0.0200. The summed E-state index contributed by atoms with van der Waals surface area (Å²) in [7, 11) is 0. The van der Waals surface area contributed by atoms with E-state index in [-0.39, 0.29) is 11.2 Å². The molecule has 0 aliphatic carbocycles. The normalized spacial score (nSPS) is 13.6. The maximum absolute atomic E-state index is 10.3. The molecule has 0 aromatic carbocycles. The zero-order valence-corrected chi connectivity index (χ0v) is 5.29. The van der Waals surface area contributed by atoms with Crippen molar-refractivity contribution < 1.29 is 4.79 Å². The van der Waals surface area contributed by atoms with E-state index < -0.39 is 0 Å². The molecule has 0 amide bonds. The lowest BCUT2D eigenvalue weighted by molar-refractivity contribution is -0.111. The molecule has 0 aromatic heterocycles. The lowest BCUT2D eigenvalue weighted by atomic mass is 10.4. The van der Waals surface area contributed by atoms with E-state index in [1.807, 2.05) is 0 Å². The Kier molecular flexibility index (Phi) is 3.04. The highest BCUT2D eigenvalue weighted by atomic mass is 32.2. The van der Waals surface area contributed by atoms with Crippen molar-refractivity contribution in [2.75, 3.05) is 6.26 Å². The van der Waals surface area contributed by atoms with Crippen molar-refractivity contribution in [3.05, 3.63) is 0 Å². The molecule has 3 heteroatoms. The highest BCUT2D eigenvalue weighted by molar-refractivity contribution is 8.13. The van der Waals surface area contributed by atoms with Crippen LogP contribution in [0.1, 0.15) is 6.92 Å². The van der Waals surface area contributed by atoms with E-state index in [9.17, 15) is 4.79 Å². The zero-order valence-electron chi connectivity index (χ0n) is 4.47. The van der Waals surface area contributed by atoms with Crippen LogP contribution in [-0.4, -0.2) is 17.4 Å². The highest BCUT2D eigenvalue weighted by Gasteiger charge is 2.02. The van der Waals surface area contributed by atoms with Crippen LogP contribution in [0.15, 0.2) is 0 Å². The molecule has 2 nitrogen and oxygen atoms in total. The molecule has 42 valence electrons. The SMILES string of the molecule is CSC(=O)[C@H](C)N. The highest BCUT2D eigenvalue weighted by Crippen LogP contribution is 1.95. The summed E-state index contributed by atoms with van der Waals surface area (Å²) < 4.78 is 0. The zero-order chi connectivity index (χ0) is 5.86. The topological polar surface area (TPSA) is 43.1 Å². The summed E-state index contributed by atoms with van der Waals surface area (Å²) in [6, 6.07) is -0.310. The van der Waals surface area contributed by atoms with E-state index >= 15 is 0 Å². The van der Waals surface area contributed by atoms with E-state index in [0.29, 0.717) is 0 Å². The first-order valence-electron chi connectivity index (χ1n) is 2.02. The predicted molar refractivity (Wildman–Crippen MR) is 32.2 cm³/mol. The molecular formula is C4H9NOS. The lowest BCUT2D eigenvalue weighted by Crippen LogP contribution is -2.23. The molecule has 0 aromatic rings. The van der Waals surface area contributed by atoms with E-state index in [1.54, 1.807) is 13.2 Å². The Bertz CT molecular complexity index is 72.1. The summed E-state index contributed by atoms with van der Waals surface area (Å²) in [5.41, 5.74) is 5.18. The number of hydrogen-bond acceptors (Lipinski definition) is 3. The summed E-state index contributed by atoms with van der Waals surface area (Å²) in [4.78, 5) is 10.3. The minimum Gasteiger partial charge on any atom is -0.321 e. The number of rotatable bonds is 1. The van der Waals surface area contributed by atoms with Gasteiger partial charge in [0.05, 0.1) is 6.04 Å². The average molecular weight is 119 g/mol. The summed E-state index contributed by atoms with van der Waals surface area (Å²) in [6.07, 6.45) is 1.73. The molecule has 0 bridgehead atoms. The number of carbonyl (C=O) groups is 1. The van der Waals surface area contributed by atoms with Crippen LogP contribution < -0.4 is 5.73 Å². The lowest BCUT2D eigenvalue weighted by Gasteiger charge is -1.95. The molecule has 0 heterocycles. The first-order chi connectivity index (χ1) is 3.18. The van der Waals surface area contributed by atoms with Crippen LogP contribution in [-0.2, 0) is 4.79 Å². The molecule has 0 aliphatic heterocycles. The van der Waals surface area contributed by atoms with Crippen molar-refractivity contribution >= 4 is 16.9 Å². The standard InChI is InChI=1S/C4H9NOS/c1-3(5)4(6)7-2/h3H,5H2,1-2H3/t3-/m0/s1. The van der Waals surface area contributed by atoms with Gasteiger partial charge in [-0.3, -0.25) is 4.79 Å². The number of carbonyl (C=O) groups excluding carboxylic acids is 1. The first-order valence-corrected chi connectivity index (χ1v) is 3.24. The van der Waals surface area contributed by atoms with E-state index in [1.165, 1.54) is 11.8 Å². The summed E-state index contributed by atoms with van der Waals surface area (Å²) in [5, 5.41) is 0.0417. The molecule has 0 saturated carbocycles. The van der Waals surface area contributed by atoms with Crippen LogP contribution in [0.5, 0.6) is 0 Å². The van der Waals surface area contributed by atoms with Gasteiger partial charge in [0.1, 0.15) is 0 Å². The monoisotopic (exact) mass is 119 g/mol. The Balaban J connectivity index is 3.35. The third-order valence-electron chi connectivity index (χ3n) is 0.573. The Morgan fingerprint density at radius 2 is 2.29 bits per heavy atom. The molecule has 0 spiro atoms. The average Bonchev–Trinajstić information content (AvgIpc) is 1.65. The van der Waals surface area contributed by atoms with Gasteiger partial charge in [0, 0.05) is 0 Å². The summed E-state index contributed by atoms with van der Waals surface area (Å²) in [6.45, 7) is 1.68. The van der Waals surface area contributed by atoms with Crippen molar-refractivity contribution in [2.24, 2.45) is 5.73 Å². The van der Waals surface area contributed by atoms with Crippen LogP contribution in [0.25, 0.3) is 0 Å². The van der Waals surface area contributed by atoms with E-state index in [0.717, 1.165) is 0 Å². The molecule has 0 radical (unpaired) electrons. The van der Waals surface area contributed by atoms with E-state index in [4.69, 9.17) is 5.73 Å². The molecule has 1 atom stereocenters. The van der Waals surface area contributed by atoms with Crippen LogP contribution in [0.4, 0.5) is 0 Å². The maximum Gasteiger partial charge on any atom is 0.205 e. The fourth-order valence-corrected chi connectivity index (χ4v) is 0.558. The Morgan fingerprint density at radius 1 is 1.86 bits per heavy atom. The molecule has 0 unspecified atom stereocenters. The van der Waals surface area contributed by atoms with Crippen molar-refractivity contribution in [3.8, 4) is 0 Å². The van der Waals surface area contributed by atoms with Gasteiger partial charge < -0.3 is 5.73 Å². The number of hydrogen-bond donors (Lipinski definition) is 1. The second kappa shape index (κ2) is 3.04. The predicted octanol–water partition coefficient (Wildman–Crippen LogP) is 0.223. The Labute approximate surface area is 47.5 Å². The Morgan fingerprint density at radius 3 is 2.29 bits per heavy atom. The van der Waals surface area contributed by atoms with Crippen LogP contribution in [0.2, 0.25) is 0 Å². The van der Waals surface area contributed by atoms with Crippen LogP contribution >= 0.6 is 11.8 Å². The molecule has 0 aliphatic rings. The molecule has 7 heavy (non-hydrogen) atoms. The largest absolute Gasteiger partial charge is 0.321 e. The van der Waals surface area contributed by atoms with Gasteiger partial charge in [-0.25, -0.2) is 0 Å². The molecule has 0 rings (SSSR count). The third kappa shape index (κ3) is 2.65. The smallest absolute Gasteiger partial charge is 0.205 e. The third-order valence-corrected chi connectivity index (χ3v) is 1.35. The van der Waals surface area contributed by atoms with Gasteiger partial charge >= 0.3 is 0 Å². The van der Waals surface area contributed by atoms with Gasteiger partial charge in [0.25, 0.3) is 0 Å². The van der Waals surface area contributed by atoms with Gasteiger partial charge in [-0.2, -0.15) is 0 Å². The fraction of sp³-hybridized carbons (Fsp3) is 0.750. The van der Waals surface area contributed by atoms with Crippen LogP contribution in [0.3, 0.4) is 0 Å². The van der Waals surface area contributed by atoms with Gasteiger partial charge in [0.2, 0.25) is 5.12 Å². The van der Waals surface area contributed by atoms with Crippen molar-refractivity contribution in [2.45, 2.75) is 13.0 Å². The molecule has 0 saturated heterocycles. The number of nitrogens with two attached hydrogens (primary N) is 1.